The Hall–Kier alpha value is -0.860. The largest absolute Gasteiger partial charge is 0.323 e. The number of hydrogen-bond donors (Lipinski definition) is 1. The predicted octanol–water partition coefficient (Wildman–Crippen LogP) is 4.12. The van der Waals surface area contributed by atoms with Gasteiger partial charge >= 0.3 is 0 Å². The third-order valence-corrected chi connectivity index (χ3v) is 6.01. The molecule has 1 spiro atoms. The molecule has 1 saturated carbocycles. The van der Waals surface area contributed by atoms with Gasteiger partial charge in [0.15, 0.2) is 0 Å². The normalized spacial score (nSPS) is 25.0. The molecule has 2 heteroatoms. The molecule has 2 unspecified atom stereocenters. The summed E-state index contributed by atoms with van der Waals surface area (Å²) in [7, 11) is 0. The number of nitrogens with zero attached hydrogens (tertiary/aromatic N) is 1. The highest BCUT2D eigenvalue weighted by molar-refractivity contribution is 5.20. The summed E-state index contributed by atoms with van der Waals surface area (Å²) in [5.41, 5.74) is 8.57. The second-order valence-electron chi connectivity index (χ2n) is 7.16. The molecule has 0 aromatic heterocycles. The average Bonchev–Trinajstić information content (AvgIpc) is 2.99. The standard InChI is InChI=1S/C19H30N2/c1-2-17(18(20)16-8-4-3-5-9-16)21-14-12-19(13-15-21)10-6-7-11-19/h3-5,8-9,17-18H,2,6-7,10-15,20H2,1H3. The fourth-order valence-electron chi connectivity index (χ4n) is 4.59. The molecule has 1 heterocycles. The summed E-state index contributed by atoms with van der Waals surface area (Å²) in [6.45, 7) is 4.78. The molecule has 0 bridgehead atoms. The SMILES string of the molecule is CCC(C(N)c1ccccc1)N1CCC2(CCCC2)CC1. The van der Waals surface area contributed by atoms with Crippen molar-refractivity contribution in [2.75, 3.05) is 13.1 Å². The van der Waals surface area contributed by atoms with Crippen LogP contribution < -0.4 is 5.73 Å². The van der Waals surface area contributed by atoms with Crippen LogP contribution in [0.5, 0.6) is 0 Å². The Morgan fingerprint density at radius 2 is 1.67 bits per heavy atom. The highest BCUT2D eigenvalue weighted by atomic mass is 15.2. The predicted molar refractivity (Wildman–Crippen MR) is 89.2 cm³/mol. The molecule has 1 saturated heterocycles. The van der Waals surface area contributed by atoms with Crippen molar-refractivity contribution in [1.82, 2.24) is 4.90 Å². The summed E-state index contributed by atoms with van der Waals surface area (Å²) < 4.78 is 0. The minimum absolute atomic E-state index is 0.147. The molecule has 1 aromatic carbocycles. The lowest BCUT2D eigenvalue weighted by Crippen LogP contribution is -2.48. The Bertz CT molecular complexity index is 426. The number of rotatable bonds is 4. The van der Waals surface area contributed by atoms with Crippen molar-refractivity contribution in [3.05, 3.63) is 35.9 Å². The Kier molecular flexibility index (Phi) is 4.66. The van der Waals surface area contributed by atoms with E-state index in [1.54, 1.807) is 0 Å². The number of nitrogens with two attached hydrogens (primary N) is 1. The van der Waals surface area contributed by atoms with Crippen molar-refractivity contribution < 1.29 is 0 Å². The number of hydrogen-bond acceptors (Lipinski definition) is 2. The maximum atomic E-state index is 6.58. The van der Waals surface area contributed by atoms with Gasteiger partial charge in [-0.3, -0.25) is 4.90 Å². The summed E-state index contributed by atoms with van der Waals surface area (Å²) in [6, 6.07) is 11.3. The highest BCUT2D eigenvalue weighted by Crippen LogP contribution is 2.46. The first-order chi connectivity index (χ1) is 10.2. The molecule has 21 heavy (non-hydrogen) atoms. The van der Waals surface area contributed by atoms with Gasteiger partial charge in [0.1, 0.15) is 0 Å². The van der Waals surface area contributed by atoms with Crippen LogP contribution >= 0.6 is 0 Å². The molecule has 1 aliphatic carbocycles. The molecule has 3 rings (SSSR count). The van der Waals surface area contributed by atoms with Gasteiger partial charge in [-0.2, -0.15) is 0 Å². The lowest BCUT2D eigenvalue weighted by Gasteiger charge is -2.44. The zero-order chi connectivity index (χ0) is 14.7. The van der Waals surface area contributed by atoms with Gasteiger partial charge in [-0.15, -0.1) is 0 Å². The molecule has 0 radical (unpaired) electrons. The first-order valence-corrected chi connectivity index (χ1v) is 8.79. The molecule has 2 atom stereocenters. The van der Waals surface area contributed by atoms with Crippen LogP contribution in [0.3, 0.4) is 0 Å². The zero-order valence-corrected chi connectivity index (χ0v) is 13.4. The summed E-state index contributed by atoms with van der Waals surface area (Å²) in [4.78, 5) is 2.67. The van der Waals surface area contributed by atoms with Crippen LogP contribution in [-0.4, -0.2) is 24.0 Å². The first kappa shape index (κ1) is 15.1. The smallest absolute Gasteiger partial charge is 0.0453 e. The van der Waals surface area contributed by atoms with Gasteiger partial charge in [-0.05, 0) is 56.2 Å². The van der Waals surface area contributed by atoms with E-state index in [0.29, 0.717) is 11.5 Å². The minimum atomic E-state index is 0.147. The highest BCUT2D eigenvalue weighted by Gasteiger charge is 2.39. The van der Waals surface area contributed by atoms with Crippen LogP contribution in [0.15, 0.2) is 30.3 Å². The summed E-state index contributed by atoms with van der Waals surface area (Å²) in [5.74, 6) is 0. The molecule has 1 aliphatic heterocycles. The Morgan fingerprint density at radius 3 is 2.24 bits per heavy atom. The van der Waals surface area contributed by atoms with Gasteiger partial charge in [0, 0.05) is 12.1 Å². The monoisotopic (exact) mass is 286 g/mol. The number of benzene rings is 1. The van der Waals surface area contributed by atoms with E-state index < -0.39 is 0 Å². The van der Waals surface area contributed by atoms with E-state index in [4.69, 9.17) is 5.73 Å². The van der Waals surface area contributed by atoms with Gasteiger partial charge in [0.2, 0.25) is 0 Å². The summed E-state index contributed by atoms with van der Waals surface area (Å²) >= 11 is 0. The van der Waals surface area contributed by atoms with E-state index in [0.717, 1.165) is 6.42 Å². The molecular formula is C19H30N2. The van der Waals surface area contributed by atoms with Gasteiger partial charge in [0.05, 0.1) is 0 Å². The van der Waals surface area contributed by atoms with E-state index in [-0.39, 0.29) is 6.04 Å². The van der Waals surface area contributed by atoms with Crippen LogP contribution in [0.25, 0.3) is 0 Å². The first-order valence-electron chi connectivity index (χ1n) is 8.79. The van der Waals surface area contributed by atoms with Crippen molar-refractivity contribution in [3.8, 4) is 0 Å². The molecule has 2 N–H and O–H groups in total. The van der Waals surface area contributed by atoms with E-state index in [1.165, 1.54) is 57.2 Å². The fraction of sp³-hybridized carbons (Fsp3) is 0.684. The van der Waals surface area contributed by atoms with Crippen LogP contribution in [0.1, 0.15) is 63.5 Å². The van der Waals surface area contributed by atoms with Crippen LogP contribution in [-0.2, 0) is 0 Å². The van der Waals surface area contributed by atoms with Crippen LogP contribution in [0.4, 0.5) is 0 Å². The molecule has 2 aliphatic rings. The summed E-state index contributed by atoms with van der Waals surface area (Å²) in [6.07, 6.45) is 9.80. The maximum absolute atomic E-state index is 6.58. The molecule has 2 nitrogen and oxygen atoms in total. The van der Waals surface area contributed by atoms with Crippen molar-refractivity contribution in [3.63, 3.8) is 0 Å². The Morgan fingerprint density at radius 1 is 1.05 bits per heavy atom. The number of likely N-dealkylation sites (tertiary alicyclic amines) is 1. The summed E-state index contributed by atoms with van der Waals surface area (Å²) in [5, 5.41) is 0. The van der Waals surface area contributed by atoms with E-state index >= 15 is 0 Å². The zero-order valence-electron chi connectivity index (χ0n) is 13.4. The third kappa shape index (κ3) is 3.17. The molecular weight excluding hydrogens is 256 g/mol. The lowest BCUT2D eigenvalue weighted by molar-refractivity contribution is 0.0643. The number of piperidine rings is 1. The molecule has 0 amide bonds. The lowest BCUT2D eigenvalue weighted by atomic mass is 9.76. The van der Waals surface area contributed by atoms with Crippen molar-refractivity contribution in [2.24, 2.45) is 11.1 Å². The van der Waals surface area contributed by atoms with Crippen molar-refractivity contribution in [1.29, 1.82) is 0 Å². The quantitative estimate of drug-likeness (QED) is 0.902. The topological polar surface area (TPSA) is 29.3 Å². The molecule has 2 fully saturated rings. The Balaban J connectivity index is 1.64. The van der Waals surface area contributed by atoms with E-state index in [1.807, 2.05) is 0 Å². The average molecular weight is 286 g/mol. The maximum Gasteiger partial charge on any atom is 0.0453 e. The molecule has 1 aromatic rings. The third-order valence-electron chi connectivity index (χ3n) is 6.01. The van der Waals surface area contributed by atoms with Gasteiger partial charge in [-0.1, -0.05) is 50.1 Å². The van der Waals surface area contributed by atoms with Crippen molar-refractivity contribution >= 4 is 0 Å². The van der Waals surface area contributed by atoms with Crippen molar-refractivity contribution in [2.45, 2.75) is 64.0 Å². The molecule has 116 valence electrons. The van der Waals surface area contributed by atoms with E-state index in [2.05, 4.69) is 42.2 Å². The Labute approximate surface area is 129 Å². The van der Waals surface area contributed by atoms with E-state index in [9.17, 15) is 0 Å². The van der Waals surface area contributed by atoms with Crippen LogP contribution in [0.2, 0.25) is 0 Å². The van der Waals surface area contributed by atoms with Gasteiger partial charge < -0.3 is 5.73 Å². The van der Waals surface area contributed by atoms with Gasteiger partial charge in [0.25, 0.3) is 0 Å². The van der Waals surface area contributed by atoms with Crippen LogP contribution in [0, 0.1) is 5.41 Å². The second kappa shape index (κ2) is 6.50. The minimum Gasteiger partial charge on any atom is -0.323 e. The fourth-order valence-corrected chi connectivity index (χ4v) is 4.59. The second-order valence-corrected chi connectivity index (χ2v) is 7.16. The van der Waals surface area contributed by atoms with Gasteiger partial charge in [-0.25, -0.2) is 0 Å².